The van der Waals surface area contributed by atoms with E-state index in [2.05, 4.69) is 6.07 Å². The van der Waals surface area contributed by atoms with E-state index in [1.54, 1.807) is 0 Å². The topological polar surface area (TPSA) is 69.4 Å². The zero-order chi connectivity index (χ0) is 13.5. The summed E-state index contributed by atoms with van der Waals surface area (Å²) in [5, 5.41) is 0. The molecule has 2 aliphatic rings. The number of nitrogens with two attached hydrogens (primary N) is 1. The molecular formula is C14H19NO3S. The van der Waals surface area contributed by atoms with Gasteiger partial charge >= 0.3 is 0 Å². The molecule has 1 aliphatic carbocycles. The Bertz CT molecular complexity index is 582. The molecule has 2 atom stereocenters. The van der Waals surface area contributed by atoms with Gasteiger partial charge in [-0.15, -0.1) is 0 Å². The average molecular weight is 281 g/mol. The maximum absolute atomic E-state index is 11.5. The van der Waals surface area contributed by atoms with E-state index in [4.69, 9.17) is 10.5 Å². The third kappa shape index (κ3) is 2.62. The fourth-order valence-corrected chi connectivity index (χ4v) is 4.59. The minimum atomic E-state index is -2.90. The molecule has 1 aromatic rings. The number of sulfone groups is 1. The third-order valence-corrected chi connectivity index (χ3v) is 5.73. The first-order chi connectivity index (χ1) is 9.05. The van der Waals surface area contributed by atoms with Crippen LogP contribution in [0.2, 0.25) is 0 Å². The van der Waals surface area contributed by atoms with E-state index in [0.29, 0.717) is 6.42 Å². The molecule has 104 valence electrons. The van der Waals surface area contributed by atoms with Crippen LogP contribution in [0, 0.1) is 0 Å². The molecule has 1 heterocycles. The van der Waals surface area contributed by atoms with Gasteiger partial charge in [0.15, 0.2) is 9.84 Å². The number of hydrogen-bond donors (Lipinski definition) is 1. The van der Waals surface area contributed by atoms with E-state index < -0.39 is 9.84 Å². The Hall–Kier alpha value is -1.07. The molecular weight excluding hydrogens is 262 g/mol. The summed E-state index contributed by atoms with van der Waals surface area (Å²) in [7, 11) is -2.90. The Labute approximate surface area is 113 Å². The highest BCUT2D eigenvalue weighted by molar-refractivity contribution is 7.91. The van der Waals surface area contributed by atoms with E-state index in [1.807, 2.05) is 12.1 Å². The van der Waals surface area contributed by atoms with Crippen molar-refractivity contribution in [1.29, 1.82) is 0 Å². The lowest BCUT2D eigenvalue weighted by atomic mass is 9.87. The van der Waals surface area contributed by atoms with Crippen LogP contribution in [0.15, 0.2) is 18.2 Å². The van der Waals surface area contributed by atoms with Crippen LogP contribution in [0.25, 0.3) is 0 Å². The fourth-order valence-electron chi connectivity index (χ4n) is 3.00. The van der Waals surface area contributed by atoms with Gasteiger partial charge in [-0.25, -0.2) is 8.42 Å². The summed E-state index contributed by atoms with van der Waals surface area (Å²) in [5.41, 5.74) is 8.44. The molecule has 1 saturated heterocycles. The van der Waals surface area contributed by atoms with Gasteiger partial charge in [0.1, 0.15) is 11.9 Å². The van der Waals surface area contributed by atoms with Crippen LogP contribution < -0.4 is 10.5 Å². The number of rotatable bonds is 2. The van der Waals surface area contributed by atoms with Gasteiger partial charge in [0.05, 0.1) is 11.5 Å². The van der Waals surface area contributed by atoms with Crippen molar-refractivity contribution in [3.63, 3.8) is 0 Å². The normalized spacial score (nSPS) is 28.9. The van der Waals surface area contributed by atoms with Crippen LogP contribution >= 0.6 is 0 Å². The Morgan fingerprint density at radius 3 is 2.84 bits per heavy atom. The minimum absolute atomic E-state index is 0.0830. The maximum atomic E-state index is 11.5. The van der Waals surface area contributed by atoms with Crippen LogP contribution in [-0.4, -0.2) is 26.0 Å². The van der Waals surface area contributed by atoms with Crippen LogP contribution in [-0.2, 0) is 16.3 Å². The number of fused-ring (bicyclic) bond motifs is 1. The molecule has 0 spiro atoms. The number of ether oxygens (including phenoxy) is 1. The Balaban J connectivity index is 1.84. The summed E-state index contributed by atoms with van der Waals surface area (Å²) < 4.78 is 28.9. The minimum Gasteiger partial charge on any atom is -0.489 e. The predicted molar refractivity (Wildman–Crippen MR) is 74.0 cm³/mol. The molecule has 5 heteroatoms. The maximum Gasteiger partial charge on any atom is 0.154 e. The molecule has 0 amide bonds. The first kappa shape index (κ1) is 12.9. The first-order valence-electron chi connectivity index (χ1n) is 6.79. The van der Waals surface area contributed by atoms with Crippen LogP contribution in [0.1, 0.15) is 36.4 Å². The first-order valence-corrected chi connectivity index (χ1v) is 8.62. The molecule has 1 fully saturated rings. The van der Waals surface area contributed by atoms with Gasteiger partial charge in [-0.05, 0) is 42.9 Å². The van der Waals surface area contributed by atoms with Gasteiger partial charge in [-0.1, -0.05) is 12.1 Å². The molecule has 2 N–H and O–H groups in total. The molecule has 0 aromatic heterocycles. The fraction of sp³-hybridized carbons (Fsp3) is 0.571. The van der Waals surface area contributed by atoms with Crippen molar-refractivity contribution in [1.82, 2.24) is 0 Å². The van der Waals surface area contributed by atoms with Gasteiger partial charge in [0.2, 0.25) is 0 Å². The quantitative estimate of drug-likeness (QED) is 0.893. The van der Waals surface area contributed by atoms with Crippen molar-refractivity contribution in [2.75, 3.05) is 11.5 Å². The van der Waals surface area contributed by atoms with Crippen LogP contribution in [0.3, 0.4) is 0 Å². The molecule has 3 rings (SSSR count). The lowest BCUT2D eigenvalue weighted by molar-refractivity contribution is 0.225. The molecule has 0 bridgehead atoms. The van der Waals surface area contributed by atoms with E-state index in [0.717, 1.165) is 30.6 Å². The lowest BCUT2D eigenvalue weighted by Gasteiger charge is -2.25. The summed E-state index contributed by atoms with van der Waals surface area (Å²) in [6.07, 6.45) is 3.44. The number of benzene rings is 1. The standard InChI is InChI=1S/C14H19NO3S/c15-13-5-1-4-12-11(13)3-2-6-14(12)18-10-7-8-19(16,17)9-10/h2-3,6,10,13H,1,4-5,7-9,15H2. The van der Waals surface area contributed by atoms with Crippen molar-refractivity contribution >= 4 is 9.84 Å². The van der Waals surface area contributed by atoms with E-state index in [-0.39, 0.29) is 23.7 Å². The zero-order valence-electron chi connectivity index (χ0n) is 10.8. The molecule has 0 radical (unpaired) electrons. The van der Waals surface area contributed by atoms with Crippen molar-refractivity contribution in [2.45, 2.75) is 37.8 Å². The Morgan fingerprint density at radius 2 is 2.11 bits per heavy atom. The largest absolute Gasteiger partial charge is 0.489 e. The van der Waals surface area contributed by atoms with Gasteiger partial charge in [0, 0.05) is 6.04 Å². The monoisotopic (exact) mass is 281 g/mol. The Kier molecular flexibility index (Phi) is 3.27. The predicted octanol–water partition coefficient (Wildman–Crippen LogP) is 1.59. The van der Waals surface area contributed by atoms with Gasteiger partial charge in [-0.2, -0.15) is 0 Å². The van der Waals surface area contributed by atoms with Gasteiger partial charge in [0.25, 0.3) is 0 Å². The zero-order valence-corrected chi connectivity index (χ0v) is 11.7. The summed E-state index contributed by atoms with van der Waals surface area (Å²) in [4.78, 5) is 0. The second-order valence-corrected chi connectivity index (χ2v) is 7.69. The van der Waals surface area contributed by atoms with E-state index in [9.17, 15) is 8.42 Å². The van der Waals surface area contributed by atoms with E-state index in [1.165, 1.54) is 5.56 Å². The summed E-state index contributed by atoms with van der Waals surface area (Å²) in [6.45, 7) is 0. The highest BCUT2D eigenvalue weighted by atomic mass is 32.2. The van der Waals surface area contributed by atoms with Crippen molar-refractivity contribution in [3.05, 3.63) is 29.3 Å². The molecule has 0 saturated carbocycles. The van der Waals surface area contributed by atoms with Crippen LogP contribution in [0.5, 0.6) is 5.75 Å². The molecule has 1 aromatic carbocycles. The molecule has 2 unspecified atom stereocenters. The van der Waals surface area contributed by atoms with Crippen molar-refractivity contribution in [3.8, 4) is 5.75 Å². The van der Waals surface area contributed by atoms with E-state index >= 15 is 0 Å². The van der Waals surface area contributed by atoms with Gasteiger partial charge in [-0.3, -0.25) is 0 Å². The number of hydrogen-bond acceptors (Lipinski definition) is 4. The smallest absolute Gasteiger partial charge is 0.154 e. The van der Waals surface area contributed by atoms with Crippen LogP contribution in [0.4, 0.5) is 0 Å². The summed E-state index contributed by atoms with van der Waals surface area (Å²) >= 11 is 0. The second-order valence-electron chi connectivity index (χ2n) is 5.47. The third-order valence-electron chi connectivity index (χ3n) is 3.99. The SMILES string of the molecule is NC1CCCc2c(OC3CCS(=O)(=O)C3)cccc21. The average Bonchev–Trinajstić information content (AvgIpc) is 2.70. The highest BCUT2D eigenvalue weighted by Crippen LogP contribution is 2.35. The molecule has 19 heavy (non-hydrogen) atoms. The Morgan fingerprint density at radius 1 is 1.26 bits per heavy atom. The summed E-state index contributed by atoms with van der Waals surface area (Å²) in [6, 6.07) is 6.02. The second kappa shape index (κ2) is 4.80. The highest BCUT2D eigenvalue weighted by Gasteiger charge is 2.30. The molecule has 4 nitrogen and oxygen atoms in total. The molecule has 1 aliphatic heterocycles. The van der Waals surface area contributed by atoms with Crippen molar-refractivity contribution in [2.24, 2.45) is 5.73 Å². The van der Waals surface area contributed by atoms with Crippen molar-refractivity contribution < 1.29 is 13.2 Å². The lowest BCUT2D eigenvalue weighted by Crippen LogP contribution is -2.22. The van der Waals surface area contributed by atoms with Gasteiger partial charge < -0.3 is 10.5 Å². The summed E-state index contributed by atoms with van der Waals surface area (Å²) in [5.74, 6) is 1.21.